The largest absolute Gasteiger partial charge is 0.467 e. The summed E-state index contributed by atoms with van der Waals surface area (Å²) in [4.78, 5) is 4.64. The number of benzene rings is 2. The fourth-order valence-corrected chi connectivity index (χ4v) is 3.08. The molecule has 0 amide bonds. The van der Waals surface area contributed by atoms with Gasteiger partial charge in [-0.1, -0.05) is 30.3 Å². The standard InChI is InChI=1S/C21H26FN3O2/c1-3-23-21(25-15(2)16-7-5-4-6-8-16)24-10-9-17-11-19(22)12-18-13-26-14-27-20(17)18/h4-8,11-12,15H,3,9-10,13-14H2,1-2H3,(H2,23,24,25). The van der Waals surface area contributed by atoms with Gasteiger partial charge in [0.1, 0.15) is 11.6 Å². The first kappa shape index (κ1) is 19.2. The highest BCUT2D eigenvalue weighted by atomic mass is 19.1. The van der Waals surface area contributed by atoms with E-state index in [-0.39, 0.29) is 18.7 Å². The van der Waals surface area contributed by atoms with Crippen LogP contribution < -0.4 is 15.4 Å². The molecule has 6 heteroatoms. The van der Waals surface area contributed by atoms with E-state index in [0.717, 1.165) is 29.4 Å². The Morgan fingerprint density at radius 1 is 1.26 bits per heavy atom. The van der Waals surface area contributed by atoms with Crippen LogP contribution in [-0.4, -0.2) is 25.8 Å². The third kappa shape index (κ3) is 5.20. The van der Waals surface area contributed by atoms with Crippen LogP contribution in [0.4, 0.5) is 4.39 Å². The smallest absolute Gasteiger partial charge is 0.191 e. The molecule has 5 nitrogen and oxygen atoms in total. The summed E-state index contributed by atoms with van der Waals surface area (Å²) in [6, 6.07) is 13.3. The summed E-state index contributed by atoms with van der Waals surface area (Å²) >= 11 is 0. The van der Waals surface area contributed by atoms with Gasteiger partial charge in [0.25, 0.3) is 0 Å². The number of nitrogens with one attached hydrogen (secondary N) is 2. The molecule has 0 aliphatic carbocycles. The maximum Gasteiger partial charge on any atom is 0.191 e. The molecular weight excluding hydrogens is 345 g/mol. The van der Waals surface area contributed by atoms with E-state index in [1.54, 1.807) is 0 Å². The van der Waals surface area contributed by atoms with Crippen molar-refractivity contribution >= 4 is 5.96 Å². The maximum atomic E-state index is 13.8. The van der Waals surface area contributed by atoms with Crippen LogP contribution in [0.5, 0.6) is 5.75 Å². The summed E-state index contributed by atoms with van der Waals surface area (Å²) in [6.07, 6.45) is 0.594. The van der Waals surface area contributed by atoms with Gasteiger partial charge in [-0.2, -0.15) is 0 Å². The van der Waals surface area contributed by atoms with Gasteiger partial charge in [-0.3, -0.25) is 4.99 Å². The average molecular weight is 371 g/mol. The lowest BCUT2D eigenvalue weighted by molar-refractivity contribution is -0.0172. The molecule has 3 rings (SSSR count). The molecule has 0 spiro atoms. The predicted octanol–water partition coefficient (Wildman–Crippen LogP) is 3.55. The molecule has 2 aromatic carbocycles. The van der Waals surface area contributed by atoms with Gasteiger partial charge in [-0.15, -0.1) is 0 Å². The Morgan fingerprint density at radius 2 is 2.07 bits per heavy atom. The van der Waals surface area contributed by atoms with E-state index < -0.39 is 0 Å². The van der Waals surface area contributed by atoms with E-state index in [1.807, 2.05) is 25.1 Å². The maximum absolute atomic E-state index is 13.8. The number of hydrogen-bond donors (Lipinski definition) is 2. The van der Waals surface area contributed by atoms with E-state index in [1.165, 1.54) is 17.7 Å². The number of nitrogens with zero attached hydrogens (tertiary/aromatic N) is 1. The lowest BCUT2D eigenvalue weighted by Crippen LogP contribution is -2.38. The van der Waals surface area contributed by atoms with Crippen molar-refractivity contribution < 1.29 is 13.9 Å². The third-order valence-electron chi connectivity index (χ3n) is 4.40. The minimum absolute atomic E-state index is 0.131. The molecule has 1 aliphatic heterocycles. The van der Waals surface area contributed by atoms with Crippen molar-refractivity contribution in [1.29, 1.82) is 0 Å². The van der Waals surface area contributed by atoms with Crippen LogP contribution in [0, 0.1) is 5.82 Å². The molecule has 0 aromatic heterocycles. The Bertz CT molecular complexity index is 780. The van der Waals surface area contributed by atoms with Crippen LogP contribution >= 0.6 is 0 Å². The summed E-state index contributed by atoms with van der Waals surface area (Å²) in [5.74, 6) is 1.20. The van der Waals surface area contributed by atoms with Gasteiger partial charge < -0.3 is 20.1 Å². The minimum Gasteiger partial charge on any atom is -0.467 e. The van der Waals surface area contributed by atoms with Crippen LogP contribution in [0.15, 0.2) is 47.5 Å². The molecular formula is C21H26FN3O2. The number of hydrogen-bond acceptors (Lipinski definition) is 3. The van der Waals surface area contributed by atoms with Gasteiger partial charge in [-0.25, -0.2) is 4.39 Å². The summed E-state index contributed by atoms with van der Waals surface area (Å²) in [5.41, 5.74) is 2.77. The number of guanidine groups is 1. The first-order valence-corrected chi connectivity index (χ1v) is 9.29. The van der Waals surface area contributed by atoms with E-state index in [2.05, 4.69) is 34.7 Å². The van der Waals surface area contributed by atoms with E-state index in [0.29, 0.717) is 19.6 Å². The third-order valence-corrected chi connectivity index (χ3v) is 4.40. The van der Waals surface area contributed by atoms with Crippen molar-refractivity contribution in [3.63, 3.8) is 0 Å². The monoisotopic (exact) mass is 371 g/mol. The predicted molar refractivity (Wildman–Crippen MR) is 104 cm³/mol. The van der Waals surface area contributed by atoms with Crippen molar-refractivity contribution in [2.45, 2.75) is 32.9 Å². The zero-order valence-corrected chi connectivity index (χ0v) is 15.8. The Kier molecular flexibility index (Phi) is 6.65. The second-order valence-corrected chi connectivity index (χ2v) is 6.45. The normalized spacial score (nSPS) is 14.9. The van der Waals surface area contributed by atoms with Gasteiger partial charge in [0.2, 0.25) is 0 Å². The van der Waals surface area contributed by atoms with E-state index >= 15 is 0 Å². The number of halogens is 1. The number of rotatable bonds is 6. The first-order valence-electron chi connectivity index (χ1n) is 9.29. The van der Waals surface area contributed by atoms with Crippen molar-refractivity contribution in [2.75, 3.05) is 19.9 Å². The van der Waals surface area contributed by atoms with Crippen LogP contribution in [0.1, 0.15) is 36.6 Å². The van der Waals surface area contributed by atoms with Gasteiger partial charge in [0.15, 0.2) is 12.8 Å². The topological polar surface area (TPSA) is 54.9 Å². The molecule has 2 aromatic rings. The van der Waals surface area contributed by atoms with E-state index in [4.69, 9.17) is 9.47 Å². The lowest BCUT2D eigenvalue weighted by atomic mass is 10.1. The quantitative estimate of drug-likeness (QED) is 0.602. The molecule has 0 saturated carbocycles. The Hall–Kier alpha value is -2.60. The van der Waals surface area contributed by atoms with Crippen LogP contribution in [0.2, 0.25) is 0 Å². The van der Waals surface area contributed by atoms with Gasteiger partial charge in [0.05, 0.1) is 12.6 Å². The number of aliphatic imine (C=N–C) groups is 1. The van der Waals surface area contributed by atoms with Crippen molar-refractivity contribution in [3.8, 4) is 5.75 Å². The van der Waals surface area contributed by atoms with Gasteiger partial charge in [0, 0.05) is 18.7 Å². The molecule has 1 heterocycles. The summed E-state index contributed by atoms with van der Waals surface area (Å²) < 4.78 is 24.6. The Morgan fingerprint density at radius 3 is 2.85 bits per heavy atom. The zero-order chi connectivity index (χ0) is 19.1. The molecule has 1 aliphatic rings. The molecule has 1 atom stereocenters. The van der Waals surface area contributed by atoms with Crippen molar-refractivity contribution in [3.05, 3.63) is 65.0 Å². The molecule has 27 heavy (non-hydrogen) atoms. The molecule has 0 fully saturated rings. The molecule has 1 unspecified atom stereocenters. The zero-order valence-electron chi connectivity index (χ0n) is 15.8. The van der Waals surface area contributed by atoms with Gasteiger partial charge >= 0.3 is 0 Å². The molecule has 0 saturated heterocycles. The lowest BCUT2D eigenvalue weighted by Gasteiger charge is -2.21. The average Bonchev–Trinajstić information content (AvgIpc) is 2.68. The van der Waals surface area contributed by atoms with Crippen LogP contribution in [-0.2, 0) is 17.8 Å². The molecule has 2 N–H and O–H groups in total. The number of fused-ring (bicyclic) bond motifs is 1. The highest BCUT2D eigenvalue weighted by molar-refractivity contribution is 5.80. The van der Waals surface area contributed by atoms with Crippen LogP contribution in [0.25, 0.3) is 0 Å². The highest BCUT2D eigenvalue weighted by Crippen LogP contribution is 2.29. The highest BCUT2D eigenvalue weighted by Gasteiger charge is 2.16. The molecule has 0 radical (unpaired) electrons. The van der Waals surface area contributed by atoms with E-state index in [9.17, 15) is 4.39 Å². The second-order valence-electron chi connectivity index (χ2n) is 6.45. The SMILES string of the molecule is CCNC(=NCCc1cc(F)cc2c1OCOC2)NC(C)c1ccccc1. The fourth-order valence-electron chi connectivity index (χ4n) is 3.08. The van der Waals surface area contributed by atoms with Crippen LogP contribution in [0.3, 0.4) is 0 Å². The minimum atomic E-state index is -0.274. The Labute approximate surface area is 159 Å². The number of ether oxygens (including phenoxy) is 2. The summed E-state index contributed by atoms with van der Waals surface area (Å²) in [6.45, 7) is 6.00. The molecule has 0 bridgehead atoms. The first-order chi connectivity index (χ1) is 13.2. The van der Waals surface area contributed by atoms with Crippen molar-refractivity contribution in [2.24, 2.45) is 4.99 Å². The summed E-state index contributed by atoms with van der Waals surface area (Å²) in [5, 5.41) is 6.66. The second kappa shape index (κ2) is 9.37. The van der Waals surface area contributed by atoms with Gasteiger partial charge in [-0.05, 0) is 43.5 Å². The summed E-state index contributed by atoms with van der Waals surface area (Å²) in [7, 11) is 0. The Balaban J connectivity index is 1.66. The van der Waals surface area contributed by atoms with Crippen molar-refractivity contribution in [1.82, 2.24) is 10.6 Å². The fraction of sp³-hybridized carbons (Fsp3) is 0.381. The molecule has 144 valence electrons.